The first kappa shape index (κ1) is 24.6. The number of fused-ring (bicyclic) bond motifs is 1. The molecule has 0 saturated heterocycles. The largest absolute Gasteiger partial charge is 0.493 e. The van der Waals surface area contributed by atoms with Crippen molar-refractivity contribution in [3.8, 4) is 22.8 Å². The maximum absolute atomic E-state index is 13.7. The molecule has 2 heterocycles. The van der Waals surface area contributed by atoms with E-state index in [2.05, 4.69) is 9.97 Å². The maximum Gasteiger partial charge on any atom is 0.335 e. The van der Waals surface area contributed by atoms with Gasteiger partial charge in [-0.2, -0.15) is 0 Å². The van der Waals surface area contributed by atoms with E-state index in [1.807, 2.05) is 39.0 Å². The van der Waals surface area contributed by atoms with Gasteiger partial charge in [-0.15, -0.1) is 0 Å². The van der Waals surface area contributed by atoms with Gasteiger partial charge in [-0.25, -0.2) is 19.3 Å². The molecule has 186 valence electrons. The Morgan fingerprint density at radius 3 is 2.42 bits per heavy atom. The highest BCUT2D eigenvalue weighted by Crippen LogP contribution is 2.30. The number of rotatable bonds is 8. The van der Waals surface area contributed by atoms with Crippen molar-refractivity contribution in [2.75, 3.05) is 13.2 Å². The molecule has 0 fully saturated rings. The summed E-state index contributed by atoms with van der Waals surface area (Å²) in [6.45, 7) is 7.52. The van der Waals surface area contributed by atoms with Crippen LogP contribution in [0.25, 0.3) is 28.2 Å². The number of benzene rings is 2. The average molecular weight is 490 g/mol. The highest BCUT2D eigenvalue weighted by molar-refractivity contribution is 6.02. The van der Waals surface area contributed by atoms with Crippen molar-refractivity contribution < 1.29 is 19.1 Å². The molecule has 0 radical (unpaired) electrons. The zero-order chi connectivity index (χ0) is 26.0. The molecule has 0 aliphatic heterocycles. The number of aryl methyl sites for hydroxylation is 2. The molecule has 10 heteroatoms. The Morgan fingerprint density at radius 1 is 1.00 bits per heavy atom. The Hall–Kier alpha value is -4.47. The van der Waals surface area contributed by atoms with Gasteiger partial charge < -0.3 is 15.2 Å². The lowest BCUT2D eigenvalue weighted by Crippen LogP contribution is -2.28. The van der Waals surface area contributed by atoms with Crippen molar-refractivity contribution >= 4 is 23.0 Å². The quantitative estimate of drug-likeness (QED) is 0.377. The molecule has 10 nitrogen and oxygen atoms in total. The number of carbonyl (C=O) groups is 2. The zero-order valence-electron chi connectivity index (χ0n) is 20.6. The van der Waals surface area contributed by atoms with Crippen LogP contribution in [-0.2, 0) is 16.1 Å². The number of aromatic nitrogens is 4. The van der Waals surface area contributed by atoms with Gasteiger partial charge in [0.15, 0.2) is 17.2 Å². The minimum absolute atomic E-state index is 0.0522. The molecule has 2 N–H and O–H groups in total. The number of nitrogens with zero attached hydrogens (tertiary/aromatic N) is 4. The number of carbonyl (C=O) groups excluding carboxylic acids is 2. The second-order valence-corrected chi connectivity index (χ2v) is 8.14. The Kier molecular flexibility index (Phi) is 6.86. The molecule has 4 aromatic rings. The lowest BCUT2D eigenvalue weighted by Gasteiger charge is -2.11. The molecule has 2 aromatic carbocycles. The minimum atomic E-state index is -0.868. The van der Waals surface area contributed by atoms with Crippen LogP contribution < -0.4 is 16.2 Å². The van der Waals surface area contributed by atoms with Crippen molar-refractivity contribution in [3.05, 3.63) is 69.8 Å². The van der Waals surface area contributed by atoms with E-state index in [4.69, 9.17) is 15.2 Å². The monoisotopic (exact) mass is 489 g/mol. The SMILES string of the molecule is CCOC(=O)Cn1c(=O)n(-c2ccc(C)c(C)c2)c2nc(-c3ccccc3OCC)nc(C(N)=O)c21. The summed E-state index contributed by atoms with van der Waals surface area (Å²) >= 11 is 0. The molecule has 0 saturated carbocycles. The van der Waals surface area contributed by atoms with Crippen molar-refractivity contribution in [1.29, 1.82) is 0 Å². The highest BCUT2D eigenvalue weighted by Gasteiger charge is 2.26. The van der Waals surface area contributed by atoms with Crippen LogP contribution in [0, 0.1) is 13.8 Å². The normalized spacial score (nSPS) is 11.0. The fraction of sp³-hybridized carbons (Fsp3) is 0.269. The van der Waals surface area contributed by atoms with Gasteiger partial charge in [0.25, 0.3) is 5.91 Å². The third-order valence-corrected chi connectivity index (χ3v) is 5.77. The summed E-state index contributed by atoms with van der Waals surface area (Å²) in [6, 6.07) is 12.6. The van der Waals surface area contributed by atoms with Crippen LogP contribution in [0.1, 0.15) is 35.5 Å². The summed E-state index contributed by atoms with van der Waals surface area (Å²) < 4.78 is 13.3. The first-order chi connectivity index (χ1) is 17.3. The van der Waals surface area contributed by atoms with Gasteiger partial charge in [0.1, 0.15) is 17.8 Å². The van der Waals surface area contributed by atoms with Crippen LogP contribution >= 0.6 is 0 Å². The van der Waals surface area contributed by atoms with Gasteiger partial charge in [-0.1, -0.05) is 18.2 Å². The number of ether oxygens (including phenoxy) is 2. The fourth-order valence-corrected chi connectivity index (χ4v) is 3.96. The Bertz CT molecular complexity index is 1540. The highest BCUT2D eigenvalue weighted by atomic mass is 16.5. The molecule has 0 bridgehead atoms. The molecular formula is C26H27N5O5. The third-order valence-electron chi connectivity index (χ3n) is 5.77. The molecule has 4 rings (SSSR count). The Balaban J connectivity index is 2.11. The summed E-state index contributed by atoms with van der Waals surface area (Å²) in [5.74, 6) is -0.834. The van der Waals surface area contributed by atoms with E-state index in [9.17, 15) is 14.4 Å². The van der Waals surface area contributed by atoms with E-state index >= 15 is 0 Å². The fourth-order valence-electron chi connectivity index (χ4n) is 3.96. The summed E-state index contributed by atoms with van der Waals surface area (Å²) in [5.41, 5.74) is 8.20. The van der Waals surface area contributed by atoms with E-state index in [0.717, 1.165) is 15.7 Å². The molecule has 0 aliphatic rings. The number of primary amides is 1. The Labute approximate surface area is 207 Å². The van der Waals surface area contributed by atoms with Crippen LogP contribution in [0.2, 0.25) is 0 Å². The number of imidazole rings is 1. The predicted molar refractivity (Wildman–Crippen MR) is 134 cm³/mol. The van der Waals surface area contributed by atoms with Crippen molar-refractivity contribution in [2.45, 2.75) is 34.2 Å². The second-order valence-electron chi connectivity index (χ2n) is 8.14. The third kappa shape index (κ3) is 4.45. The standard InChI is InChI=1S/C26H27N5O5/c1-5-35-19-10-8-7-9-18(19)24-28-21(23(27)33)22-25(29-24)31(17-12-11-15(3)16(4)13-17)26(34)30(22)14-20(32)36-6-2/h7-13H,5-6,14H2,1-4H3,(H2,27,33). The maximum atomic E-state index is 13.7. The summed E-state index contributed by atoms with van der Waals surface area (Å²) in [4.78, 5) is 47.8. The lowest BCUT2D eigenvalue weighted by molar-refractivity contribution is -0.143. The molecule has 0 spiro atoms. The minimum Gasteiger partial charge on any atom is -0.493 e. The Morgan fingerprint density at radius 2 is 1.75 bits per heavy atom. The van der Waals surface area contributed by atoms with E-state index < -0.39 is 24.1 Å². The van der Waals surface area contributed by atoms with Gasteiger partial charge in [-0.3, -0.25) is 14.2 Å². The van der Waals surface area contributed by atoms with Crippen molar-refractivity contribution in [3.63, 3.8) is 0 Å². The van der Waals surface area contributed by atoms with E-state index in [1.165, 1.54) is 4.57 Å². The van der Waals surface area contributed by atoms with Gasteiger partial charge >= 0.3 is 11.7 Å². The van der Waals surface area contributed by atoms with Gasteiger partial charge in [0.05, 0.1) is 24.5 Å². The first-order valence-electron chi connectivity index (χ1n) is 11.5. The lowest BCUT2D eigenvalue weighted by atomic mass is 10.1. The average Bonchev–Trinajstić information content (AvgIpc) is 3.12. The molecule has 0 atom stereocenters. The van der Waals surface area contributed by atoms with Crippen molar-refractivity contribution in [2.24, 2.45) is 5.73 Å². The molecule has 36 heavy (non-hydrogen) atoms. The van der Waals surface area contributed by atoms with Crippen LogP contribution in [0.3, 0.4) is 0 Å². The summed E-state index contributed by atoms with van der Waals surface area (Å²) in [5, 5.41) is 0. The van der Waals surface area contributed by atoms with Gasteiger partial charge in [0, 0.05) is 0 Å². The smallest absolute Gasteiger partial charge is 0.335 e. The molecular weight excluding hydrogens is 462 g/mol. The first-order valence-corrected chi connectivity index (χ1v) is 11.5. The summed E-state index contributed by atoms with van der Waals surface area (Å²) in [6.07, 6.45) is 0. The number of para-hydroxylation sites is 1. The summed E-state index contributed by atoms with van der Waals surface area (Å²) in [7, 11) is 0. The van der Waals surface area contributed by atoms with Gasteiger partial charge in [0.2, 0.25) is 0 Å². The van der Waals surface area contributed by atoms with E-state index in [0.29, 0.717) is 23.6 Å². The second kappa shape index (κ2) is 10.0. The predicted octanol–water partition coefficient (Wildman–Crippen LogP) is 2.93. The van der Waals surface area contributed by atoms with Crippen LogP contribution in [0.5, 0.6) is 5.75 Å². The van der Waals surface area contributed by atoms with E-state index in [1.54, 1.807) is 31.2 Å². The number of nitrogens with two attached hydrogens (primary N) is 1. The zero-order valence-corrected chi connectivity index (χ0v) is 20.6. The van der Waals surface area contributed by atoms with E-state index in [-0.39, 0.29) is 29.3 Å². The van der Waals surface area contributed by atoms with Crippen LogP contribution in [0.4, 0.5) is 0 Å². The number of hydrogen-bond acceptors (Lipinski definition) is 7. The molecule has 0 aliphatic carbocycles. The number of hydrogen-bond donors (Lipinski definition) is 1. The van der Waals surface area contributed by atoms with Crippen LogP contribution in [-0.4, -0.2) is 44.2 Å². The molecule has 1 amide bonds. The van der Waals surface area contributed by atoms with Crippen molar-refractivity contribution in [1.82, 2.24) is 19.1 Å². The number of amides is 1. The van der Waals surface area contributed by atoms with Gasteiger partial charge in [-0.05, 0) is 63.1 Å². The molecule has 0 unspecified atom stereocenters. The topological polar surface area (TPSA) is 131 Å². The number of esters is 1. The van der Waals surface area contributed by atoms with Crippen LogP contribution in [0.15, 0.2) is 47.3 Å². The molecule has 2 aromatic heterocycles.